The monoisotopic (exact) mass is 264 g/mol. The molecule has 0 aliphatic rings. The molecule has 3 heteroatoms. The molecule has 0 bridgehead atoms. The van der Waals surface area contributed by atoms with Crippen LogP contribution in [-0.2, 0) is 0 Å². The van der Waals surface area contributed by atoms with Crippen molar-refractivity contribution in [2.75, 3.05) is 0 Å². The molecule has 2 rings (SSSR count). The van der Waals surface area contributed by atoms with Gasteiger partial charge < -0.3 is 5.11 Å². The molecule has 0 amide bonds. The number of aromatic hydroxyl groups is 1. The molecule has 0 saturated carbocycles. The standard InChI is InChI=1S/C12H9BrO2/c1-7(14)10-5-3-8-2-4-9(13)6-11(8)12(10)15/h2-6,15H,1H3. The van der Waals surface area contributed by atoms with Gasteiger partial charge >= 0.3 is 0 Å². The molecular weight excluding hydrogens is 256 g/mol. The minimum Gasteiger partial charge on any atom is -0.507 e. The summed E-state index contributed by atoms with van der Waals surface area (Å²) >= 11 is 3.33. The fourth-order valence-corrected chi connectivity index (χ4v) is 1.92. The normalized spacial score (nSPS) is 10.5. The number of ketones is 1. The highest BCUT2D eigenvalue weighted by Crippen LogP contribution is 2.31. The molecule has 0 unspecified atom stereocenters. The maximum absolute atomic E-state index is 11.2. The van der Waals surface area contributed by atoms with Gasteiger partial charge in [0.05, 0.1) is 5.56 Å². The first-order valence-electron chi connectivity index (χ1n) is 4.52. The van der Waals surface area contributed by atoms with E-state index in [1.165, 1.54) is 6.92 Å². The number of benzene rings is 2. The molecule has 2 aromatic rings. The Bertz CT molecular complexity index is 547. The zero-order chi connectivity index (χ0) is 11.0. The SMILES string of the molecule is CC(=O)c1ccc2ccc(Br)cc2c1O. The van der Waals surface area contributed by atoms with E-state index in [0.29, 0.717) is 10.9 Å². The van der Waals surface area contributed by atoms with E-state index < -0.39 is 0 Å². The number of halogens is 1. The largest absolute Gasteiger partial charge is 0.507 e. The highest BCUT2D eigenvalue weighted by atomic mass is 79.9. The van der Waals surface area contributed by atoms with Gasteiger partial charge in [-0.15, -0.1) is 0 Å². The van der Waals surface area contributed by atoms with Gasteiger partial charge in [-0.1, -0.05) is 28.1 Å². The molecule has 1 N–H and O–H groups in total. The second kappa shape index (κ2) is 3.66. The highest BCUT2D eigenvalue weighted by Gasteiger charge is 2.09. The van der Waals surface area contributed by atoms with Crippen LogP contribution in [0.5, 0.6) is 5.75 Å². The van der Waals surface area contributed by atoms with Crippen molar-refractivity contribution >= 4 is 32.5 Å². The Morgan fingerprint density at radius 1 is 1.27 bits per heavy atom. The summed E-state index contributed by atoms with van der Waals surface area (Å²) in [5.74, 6) is -0.0734. The summed E-state index contributed by atoms with van der Waals surface area (Å²) in [6.45, 7) is 1.44. The second-order valence-electron chi connectivity index (χ2n) is 3.38. The van der Waals surface area contributed by atoms with Gasteiger partial charge in [0.15, 0.2) is 5.78 Å². The highest BCUT2D eigenvalue weighted by molar-refractivity contribution is 9.10. The lowest BCUT2D eigenvalue weighted by molar-refractivity contribution is 0.101. The Labute approximate surface area is 95.7 Å². The Balaban J connectivity index is 2.82. The fourth-order valence-electron chi connectivity index (χ4n) is 1.56. The summed E-state index contributed by atoms with van der Waals surface area (Å²) in [5.41, 5.74) is 0.362. The van der Waals surface area contributed by atoms with Gasteiger partial charge in [-0.2, -0.15) is 0 Å². The van der Waals surface area contributed by atoms with Crippen molar-refractivity contribution in [3.63, 3.8) is 0 Å². The van der Waals surface area contributed by atoms with Crippen LogP contribution in [0.3, 0.4) is 0 Å². The lowest BCUT2D eigenvalue weighted by Gasteiger charge is -2.05. The number of phenols is 1. The van der Waals surface area contributed by atoms with Gasteiger partial charge in [0.25, 0.3) is 0 Å². The number of Topliss-reactive ketones (excluding diaryl/α,β-unsaturated/α-hetero) is 1. The maximum Gasteiger partial charge on any atom is 0.163 e. The van der Waals surface area contributed by atoms with E-state index in [4.69, 9.17) is 0 Å². The molecule has 0 saturated heterocycles. The van der Waals surface area contributed by atoms with Crippen molar-refractivity contribution in [3.8, 4) is 5.75 Å². The molecule has 0 aliphatic carbocycles. The molecule has 15 heavy (non-hydrogen) atoms. The van der Waals surface area contributed by atoms with E-state index in [-0.39, 0.29) is 11.5 Å². The molecular formula is C12H9BrO2. The van der Waals surface area contributed by atoms with E-state index in [1.54, 1.807) is 12.1 Å². The molecule has 0 atom stereocenters. The Morgan fingerprint density at radius 3 is 2.60 bits per heavy atom. The van der Waals surface area contributed by atoms with Gasteiger partial charge in [-0.05, 0) is 30.5 Å². The molecule has 76 valence electrons. The van der Waals surface area contributed by atoms with Crippen molar-refractivity contribution in [2.45, 2.75) is 6.92 Å². The van der Waals surface area contributed by atoms with Gasteiger partial charge in [-0.25, -0.2) is 0 Å². The zero-order valence-electron chi connectivity index (χ0n) is 8.12. The predicted octanol–water partition coefficient (Wildman–Crippen LogP) is 3.51. The van der Waals surface area contributed by atoms with E-state index in [1.807, 2.05) is 18.2 Å². The summed E-state index contributed by atoms with van der Waals surface area (Å²) in [6.07, 6.45) is 0. The summed E-state index contributed by atoms with van der Waals surface area (Å²) in [7, 11) is 0. The second-order valence-corrected chi connectivity index (χ2v) is 4.30. The summed E-state index contributed by atoms with van der Waals surface area (Å²) in [4.78, 5) is 11.2. The van der Waals surface area contributed by atoms with Gasteiger partial charge in [0.1, 0.15) is 5.75 Å². The number of fused-ring (bicyclic) bond motifs is 1. The predicted molar refractivity (Wildman–Crippen MR) is 63.3 cm³/mol. The van der Waals surface area contributed by atoms with E-state index >= 15 is 0 Å². The number of rotatable bonds is 1. The average molecular weight is 265 g/mol. The number of hydrogen-bond donors (Lipinski definition) is 1. The van der Waals surface area contributed by atoms with Crippen LogP contribution in [0.2, 0.25) is 0 Å². The Morgan fingerprint density at radius 2 is 1.93 bits per heavy atom. The molecule has 0 aliphatic heterocycles. The lowest BCUT2D eigenvalue weighted by Crippen LogP contribution is -1.92. The van der Waals surface area contributed by atoms with Crippen LogP contribution in [0, 0.1) is 0 Å². The van der Waals surface area contributed by atoms with Crippen LogP contribution in [-0.4, -0.2) is 10.9 Å². The minimum absolute atomic E-state index is 0.0568. The maximum atomic E-state index is 11.2. The summed E-state index contributed by atoms with van der Waals surface area (Å²) in [6, 6.07) is 9.07. The molecule has 0 fully saturated rings. The molecule has 0 spiro atoms. The van der Waals surface area contributed by atoms with Crippen molar-refractivity contribution < 1.29 is 9.90 Å². The van der Waals surface area contributed by atoms with Crippen molar-refractivity contribution in [2.24, 2.45) is 0 Å². The lowest BCUT2D eigenvalue weighted by atomic mass is 10.0. The van der Waals surface area contributed by atoms with Gasteiger partial charge in [-0.3, -0.25) is 4.79 Å². The molecule has 0 heterocycles. The van der Waals surface area contributed by atoms with Crippen LogP contribution >= 0.6 is 15.9 Å². The number of carbonyl (C=O) groups is 1. The third-order valence-electron chi connectivity index (χ3n) is 2.33. The first kappa shape index (κ1) is 10.2. The third-order valence-corrected chi connectivity index (χ3v) is 2.83. The van der Waals surface area contributed by atoms with E-state index in [0.717, 1.165) is 9.86 Å². The van der Waals surface area contributed by atoms with Crippen LogP contribution in [0.15, 0.2) is 34.8 Å². The molecule has 2 aromatic carbocycles. The molecule has 2 nitrogen and oxygen atoms in total. The van der Waals surface area contributed by atoms with Crippen molar-refractivity contribution in [1.82, 2.24) is 0 Å². The zero-order valence-corrected chi connectivity index (χ0v) is 9.71. The Hall–Kier alpha value is -1.35. The van der Waals surface area contributed by atoms with Crippen molar-refractivity contribution in [3.05, 3.63) is 40.4 Å². The first-order valence-corrected chi connectivity index (χ1v) is 5.31. The smallest absolute Gasteiger partial charge is 0.163 e. The molecule has 0 aromatic heterocycles. The minimum atomic E-state index is -0.130. The van der Waals surface area contributed by atoms with Crippen molar-refractivity contribution in [1.29, 1.82) is 0 Å². The van der Waals surface area contributed by atoms with E-state index in [9.17, 15) is 9.90 Å². The van der Waals surface area contributed by atoms with Crippen LogP contribution in [0.25, 0.3) is 10.8 Å². The quantitative estimate of drug-likeness (QED) is 0.801. The fraction of sp³-hybridized carbons (Fsp3) is 0.0833. The number of phenolic OH excluding ortho intramolecular Hbond substituents is 1. The number of carbonyl (C=O) groups excluding carboxylic acids is 1. The van der Waals surface area contributed by atoms with Crippen LogP contribution in [0.1, 0.15) is 17.3 Å². The molecule has 0 radical (unpaired) electrons. The topological polar surface area (TPSA) is 37.3 Å². The Kier molecular flexibility index (Phi) is 2.49. The summed E-state index contributed by atoms with van der Waals surface area (Å²) in [5, 5.41) is 11.5. The average Bonchev–Trinajstić information content (AvgIpc) is 2.19. The third kappa shape index (κ3) is 1.75. The van der Waals surface area contributed by atoms with E-state index in [2.05, 4.69) is 15.9 Å². The van der Waals surface area contributed by atoms with Gasteiger partial charge in [0.2, 0.25) is 0 Å². The first-order chi connectivity index (χ1) is 7.09. The van der Waals surface area contributed by atoms with Crippen LogP contribution < -0.4 is 0 Å². The number of hydrogen-bond acceptors (Lipinski definition) is 2. The van der Waals surface area contributed by atoms with Crippen LogP contribution in [0.4, 0.5) is 0 Å². The summed E-state index contributed by atoms with van der Waals surface area (Å²) < 4.78 is 0.881. The van der Waals surface area contributed by atoms with Gasteiger partial charge in [0, 0.05) is 9.86 Å².